The first-order chi connectivity index (χ1) is 12.6. The van der Waals surface area contributed by atoms with E-state index in [-0.39, 0.29) is 11.8 Å². The Morgan fingerprint density at radius 3 is 2.54 bits per heavy atom. The zero-order valence-electron chi connectivity index (χ0n) is 15.9. The standard InChI is InChI=1S/C20H28N4O2/c1-14(19-15(2)23-26-16(19)3)20(25)22-13-17-8-9-18(21-12-17)24-10-6-4-5-7-11-24/h8-9,12,14H,4-7,10-11,13H2,1-3H3,(H,22,25). The van der Waals surface area contributed by atoms with E-state index in [9.17, 15) is 4.79 Å². The predicted octanol–water partition coefficient (Wildman–Crippen LogP) is 3.49. The summed E-state index contributed by atoms with van der Waals surface area (Å²) in [5.74, 6) is 1.42. The third-order valence-electron chi connectivity index (χ3n) is 5.12. The van der Waals surface area contributed by atoms with E-state index in [1.807, 2.05) is 33.0 Å². The summed E-state index contributed by atoms with van der Waals surface area (Å²) >= 11 is 0. The molecule has 0 bridgehead atoms. The molecule has 26 heavy (non-hydrogen) atoms. The molecule has 2 aromatic heterocycles. The fraction of sp³-hybridized carbons (Fsp3) is 0.550. The summed E-state index contributed by atoms with van der Waals surface area (Å²) in [7, 11) is 0. The molecule has 3 rings (SSSR count). The largest absolute Gasteiger partial charge is 0.361 e. The summed E-state index contributed by atoms with van der Waals surface area (Å²) in [4.78, 5) is 19.4. The zero-order valence-corrected chi connectivity index (χ0v) is 15.9. The average molecular weight is 356 g/mol. The average Bonchev–Trinajstić information content (AvgIpc) is 2.85. The third-order valence-corrected chi connectivity index (χ3v) is 5.12. The third kappa shape index (κ3) is 4.23. The molecule has 0 aromatic carbocycles. The lowest BCUT2D eigenvalue weighted by molar-refractivity contribution is -0.122. The summed E-state index contributed by atoms with van der Waals surface area (Å²) in [6.07, 6.45) is 6.95. The van der Waals surface area contributed by atoms with Crippen molar-refractivity contribution in [3.05, 3.63) is 40.9 Å². The van der Waals surface area contributed by atoms with Crippen LogP contribution in [0, 0.1) is 13.8 Å². The summed E-state index contributed by atoms with van der Waals surface area (Å²) in [6, 6.07) is 4.11. The molecule has 6 nitrogen and oxygen atoms in total. The molecule has 1 amide bonds. The number of nitrogens with zero attached hydrogens (tertiary/aromatic N) is 3. The van der Waals surface area contributed by atoms with Gasteiger partial charge in [-0.05, 0) is 45.2 Å². The number of carbonyl (C=O) groups is 1. The molecule has 3 heterocycles. The number of pyridine rings is 1. The van der Waals surface area contributed by atoms with Crippen molar-refractivity contribution in [1.29, 1.82) is 0 Å². The molecule has 1 saturated heterocycles. The normalized spacial score (nSPS) is 16.2. The second-order valence-corrected chi connectivity index (χ2v) is 7.10. The Labute approximate surface area is 155 Å². The minimum absolute atomic E-state index is 0.0315. The highest BCUT2D eigenvalue weighted by molar-refractivity contribution is 5.83. The lowest BCUT2D eigenvalue weighted by Gasteiger charge is -2.21. The molecule has 6 heteroatoms. The van der Waals surface area contributed by atoms with E-state index in [1.54, 1.807) is 0 Å². The van der Waals surface area contributed by atoms with Crippen LogP contribution in [0.25, 0.3) is 0 Å². The van der Waals surface area contributed by atoms with Crippen LogP contribution >= 0.6 is 0 Å². The number of rotatable bonds is 5. The Morgan fingerprint density at radius 2 is 1.96 bits per heavy atom. The molecular formula is C20H28N4O2. The van der Waals surface area contributed by atoms with Crippen molar-refractivity contribution in [2.45, 2.75) is 58.9 Å². The molecule has 1 fully saturated rings. The molecule has 1 atom stereocenters. The van der Waals surface area contributed by atoms with Crippen LogP contribution in [0.3, 0.4) is 0 Å². The number of hydrogen-bond donors (Lipinski definition) is 1. The monoisotopic (exact) mass is 356 g/mol. The molecule has 2 aromatic rings. The van der Waals surface area contributed by atoms with Crippen LogP contribution < -0.4 is 10.2 Å². The Morgan fingerprint density at radius 1 is 1.23 bits per heavy atom. The number of anilines is 1. The number of nitrogens with one attached hydrogen (secondary N) is 1. The number of carbonyl (C=O) groups excluding carboxylic acids is 1. The maximum absolute atomic E-state index is 12.5. The van der Waals surface area contributed by atoms with Crippen LogP contribution in [0.15, 0.2) is 22.9 Å². The van der Waals surface area contributed by atoms with Crippen molar-refractivity contribution < 1.29 is 9.32 Å². The van der Waals surface area contributed by atoms with Gasteiger partial charge in [0.05, 0.1) is 11.6 Å². The number of amides is 1. The molecule has 1 unspecified atom stereocenters. The molecule has 0 radical (unpaired) electrons. The molecular weight excluding hydrogens is 328 g/mol. The number of hydrogen-bond acceptors (Lipinski definition) is 5. The maximum Gasteiger partial charge on any atom is 0.227 e. The van der Waals surface area contributed by atoms with Gasteiger partial charge in [-0.1, -0.05) is 24.1 Å². The Kier molecular flexibility index (Phi) is 5.91. The SMILES string of the molecule is Cc1noc(C)c1C(C)C(=O)NCc1ccc(N2CCCCCC2)nc1. The maximum atomic E-state index is 12.5. The van der Waals surface area contributed by atoms with Crippen molar-refractivity contribution in [3.63, 3.8) is 0 Å². The van der Waals surface area contributed by atoms with Crippen LogP contribution in [0.1, 0.15) is 61.1 Å². The molecule has 1 N–H and O–H groups in total. The molecule has 0 spiro atoms. The van der Waals surface area contributed by atoms with Gasteiger partial charge in [0.15, 0.2) is 0 Å². The fourth-order valence-corrected chi connectivity index (χ4v) is 3.59. The summed E-state index contributed by atoms with van der Waals surface area (Å²) in [6.45, 7) is 8.21. The van der Waals surface area contributed by atoms with Crippen molar-refractivity contribution in [2.24, 2.45) is 0 Å². The Balaban J connectivity index is 1.56. The van der Waals surface area contributed by atoms with Gasteiger partial charge in [-0.15, -0.1) is 0 Å². The smallest absolute Gasteiger partial charge is 0.227 e. The van der Waals surface area contributed by atoms with E-state index in [0.717, 1.165) is 35.7 Å². The Hall–Kier alpha value is -2.37. The van der Waals surface area contributed by atoms with Crippen molar-refractivity contribution in [1.82, 2.24) is 15.5 Å². The van der Waals surface area contributed by atoms with E-state index < -0.39 is 0 Å². The van der Waals surface area contributed by atoms with Gasteiger partial charge < -0.3 is 14.7 Å². The first-order valence-corrected chi connectivity index (χ1v) is 9.46. The quantitative estimate of drug-likeness (QED) is 0.888. The highest BCUT2D eigenvalue weighted by Crippen LogP contribution is 2.23. The van der Waals surface area contributed by atoms with Crippen molar-refractivity contribution in [3.8, 4) is 0 Å². The van der Waals surface area contributed by atoms with Gasteiger partial charge in [0, 0.05) is 31.4 Å². The number of aromatic nitrogens is 2. The minimum Gasteiger partial charge on any atom is -0.361 e. The molecule has 0 saturated carbocycles. The van der Waals surface area contributed by atoms with Gasteiger partial charge in [0.1, 0.15) is 11.6 Å². The highest BCUT2D eigenvalue weighted by Gasteiger charge is 2.22. The van der Waals surface area contributed by atoms with E-state index in [2.05, 4.69) is 26.4 Å². The second kappa shape index (κ2) is 8.34. The fourth-order valence-electron chi connectivity index (χ4n) is 3.59. The van der Waals surface area contributed by atoms with Gasteiger partial charge >= 0.3 is 0 Å². The van der Waals surface area contributed by atoms with E-state index in [1.165, 1.54) is 25.7 Å². The molecule has 140 valence electrons. The van der Waals surface area contributed by atoms with Crippen LogP contribution in [0.4, 0.5) is 5.82 Å². The lowest BCUT2D eigenvalue weighted by Crippen LogP contribution is -2.28. The van der Waals surface area contributed by atoms with Gasteiger partial charge in [-0.3, -0.25) is 4.79 Å². The van der Waals surface area contributed by atoms with Crippen molar-refractivity contribution in [2.75, 3.05) is 18.0 Å². The van der Waals surface area contributed by atoms with Crippen molar-refractivity contribution >= 4 is 11.7 Å². The van der Waals surface area contributed by atoms with Gasteiger partial charge in [0.25, 0.3) is 0 Å². The lowest BCUT2D eigenvalue weighted by atomic mass is 9.98. The van der Waals surface area contributed by atoms with Crippen LogP contribution in [-0.2, 0) is 11.3 Å². The van der Waals surface area contributed by atoms with Crippen LogP contribution in [0.2, 0.25) is 0 Å². The molecule has 0 aliphatic carbocycles. The highest BCUT2D eigenvalue weighted by atomic mass is 16.5. The first kappa shape index (κ1) is 18.4. The molecule has 1 aliphatic heterocycles. The van der Waals surface area contributed by atoms with Crippen LogP contribution in [-0.4, -0.2) is 29.1 Å². The van der Waals surface area contributed by atoms with E-state index in [4.69, 9.17) is 4.52 Å². The zero-order chi connectivity index (χ0) is 18.5. The second-order valence-electron chi connectivity index (χ2n) is 7.10. The molecule has 1 aliphatic rings. The topological polar surface area (TPSA) is 71.3 Å². The van der Waals surface area contributed by atoms with Gasteiger partial charge in [-0.2, -0.15) is 0 Å². The Bertz CT molecular complexity index is 711. The van der Waals surface area contributed by atoms with E-state index >= 15 is 0 Å². The summed E-state index contributed by atoms with van der Waals surface area (Å²) in [5.41, 5.74) is 2.65. The summed E-state index contributed by atoms with van der Waals surface area (Å²) in [5, 5.41) is 6.92. The van der Waals surface area contributed by atoms with E-state index in [0.29, 0.717) is 12.3 Å². The van der Waals surface area contributed by atoms with Gasteiger partial charge in [0.2, 0.25) is 5.91 Å². The van der Waals surface area contributed by atoms with Gasteiger partial charge in [-0.25, -0.2) is 4.98 Å². The predicted molar refractivity (Wildman–Crippen MR) is 101 cm³/mol. The minimum atomic E-state index is -0.286. The first-order valence-electron chi connectivity index (χ1n) is 9.46. The number of aryl methyl sites for hydroxylation is 2. The summed E-state index contributed by atoms with van der Waals surface area (Å²) < 4.78 is 5.16. The van der Waals surface area contributed by atoms with Crippen LogP contribution in [0.5, 0.6) is 0 Å².